The summed E-state index contributed by atoms with van der Waals surface area (Å²) in [6.45, 7) is 1.74. The summed E-state index contributed by atoms with van der Waals surface area (Å²) < 4.78 is 5.16. The Morgan fingerprint density at radius 1 is 1.38 bits per heavy atom. The third-order valence-electron chi connectivity index (χ3n) is 1.66. The first-order chi connectivity index (χ1) is 6.24. The molecule has 1 atom stereocenters. The molecule has 0 heterocycles. The Bertz CT molecular complexity index is 269. The first-order valence-electron chi connectivity index (χ1n) is 4.16. The summed E-state index contributed by atoms with van der Waals surface area (Å²) in [4.78, 5) is 10.5. The molecule has 0 saturated heterocycles. The molecule has 0 amide bonds. The van der Waals surface area contributed by atoms with Crippen molar-refractivity contribution in [3.05, 3.63) is 30.3 Å². The zero-order valence-electron chi connectivity index (χ0n) is 7.40. The predicted octanol–water partition coefficient (Wildman–Crippen LogP) is 1.80. The molecule has 1 aromatic carbocycles. The van der Waals surface area contributed by atoms with Crippen molar-refractivity contribution in [2.24, 2.45) is 0 Å². The molecule has 1 radical (unpaired) electrons. The number of benzene rings is 1. The van der Waals surface area contributed by atoms with Crippen LogP contribution in [0, 0.1) is 0 Å². The predicted molar refractivity (Wildman–Crippen MR) is 46.8 cm³/mol. The van der Waals surface area contributed by atoms with Crippen LogP contribution in [0.1, 0.15) is 13.3 Å². The maximum Gasteiger partial charge on any atom is 0.395 e. The molecular weight excluding hydrogens is 168 g/mol. The zero-order chi connectivity index (χ0) is 9.68. The Morgan fingerprint density at radius 3 is 2.46 bits per heavy atom. The van der Waals surface area contributed by atoms with Crippen molar-refractivity contribution < 1.29 is 14.6 Å². The monoisotopic (exact) mass is 179 g/mol. The Labute approximate surface area is 77.0 Å². The number of hydrogen-bond donors (Lipinski definition) is 0. The summed E-state index contributed by atoms with van der Waals surface area (Å²) in [5.74, 6) is -0.620. The van der Waals surface area contributed by atoms with Gasteiger partial charge >= 0.3 is 5.97 Å². The number of carbonyl (C=O) groups excluding carboxylic acids is 1. The van der Waals surface area contributed by atoms with Crippen LogP contribution in [0.15, 0.2) is 30.3 Å². The van der Waals surface area contributed by atoms with Crippen LogP contribution in [0.2, 0.25) is 0 Å². The summed E-state index contributed by atoms with van der Waals surface area (Å²) in [5.41, 5.74) is 0. The van der Waals surface area contributed by atoms with Crippen molar-refractivity contribution in [2.45, 2.75) is 19.4 Å². The topological polar surface area (TPSA) is 46.2 Å². The largest absolute Gasteiger partial charge is 0.479 e. The first-order valence-corrected chi connectivity index (χ1v) is 4.16. The molecule has 0 aliphatic rings. The van der Waals surface area contributed by atoms with E-state index in [4.69, 9.17) is 4.74 Å². The van der Waals surface area contributed by atoms with E-state index in [-0.39, 0.29) is 0 Å². The minimum absolute atomic E-state index is 0.400. The average Bonchev–Trinajstić information content (AvgIpc) is 2.15. The molecule has 3 heteroatoms. The summed E-state index contributed by atoms with van der Waals surface area (Å²) >= 11 is 0. The molecule has 0 saturated carbocycles. The molecule has 0 aliphatic heterocycles. The summed E-state index contributed by atoms with van der Waals surface area (Å²) in [7, 11) is 0. The quantitative estimate of drug-likeness (QED) is 0.707. The van der Waals surface area contributed by atoms with Gasteiger partial charge in [0.15, 0.2) is 6.10 Å². The smallest absolute Gasteiger partial charge is 0.395 e. The molecular formula is C10H11O3. The number of para-hydroxylation sites is 1. The van der Waals surface area contributed by atoms with Crippen LogP contribution in [-0.4, -0.2) is 12.1 Å². The lowest BCUT2D eigenvalue weighted by Gasteiger charge is -2.11. The van der Waals surface area contributed by atoms with Gasteiger partial charge in [-0.3, -0.25) is 0 Å². The average molecular weight is 179 g/mol. The van der Waals surface area contributed by atoms with Crippen LogP contribution < -0.4 is 4.74 Å². The van der Waals surface area contributed by atoms with Crippen molar-refractivity contribution in [2.75, 3.05) is 0 Å². The highest BCUT2D eigenvalue weighted by molar-refractivity contribution is 5.72. The van der Waals surface area contributed by atoms with Crippen molar-refractivity contribution in [3.8, 4) is 5.75 Å². The standard InChI is InChI=1S/C10H11O3/c1-2-9(10(11)12)13-8-6-4-3-5-7-8/h3-7,9H,2H2,1H3. The Balaban J connectivity index is 2.62. The van der Waals surface area contributed by atoms with Gasteiger partial charge in [-0.15, -0.1) is 0 Å². The van der Waals surface area contributed by atoms with Gasteiger partial charge in [0.1, 0.15) is 5.75 Å². The molecule has 0 bridgehead atoms. The number of carbonyl (C=O) groups is 1. The van der Waals surface area contributed by atoms with Crippen molar-refractivity contribution in [3.63, 3.8) is 0 Å². The fraction of sp³-hybridized carbons (Fsp3) is 0.300. The van der Waals surface area contributed by atoms with Gasteiger partial charge in [-0.05, 0) is 18.6 Å². The number of hydrogen-bond acceptors (Lipinski definition) is 2. The maximum atomic E-state index is 10.5. The van der Waals surface area contributed by atoms with E-state index in [1.54, 1.807) is 31.2 Å². The van der Waals surface area contributed by atoms with E-state index in [2.05, 4.69) is 0 Å². The van der Waals surface area contributed by atoms with Crippen molar-refractivity contribution in [1.29, 1.82) is 0 Å². The van der Waals surface area contributed by atoms with E-state index in [1.165, 1.54) is 0 Å². The third kappa shape index (κ3) is 2.78. The minimum atomic E-state index is -1.17. The number of rotatable bonds is 4. The van der Waals surface area contributed by atoms with Crippen LogP contribution in [0.5, 0.6) is 5.75 Å². The lowest BCUT2D eigenvalue weighted by molar-refractivity contribution is -0.151. The summed E-state index contributed by atoms with van der Waals surface area (Å²) in [5, 5.41) is 10.5. The first kappa shape index (κ1) is 9.58. The highest BCUT2D eigenvalue weighted by Crippen LogP contribution is 2.12. The molecule has 1 rings (SSSR count). The van der Waals surface area contributed by atoms with E-state index in [0.717, 1.165) is 0 Å². The molecule has 0 fully saturated rings. The fourth-order valence-corrected chi connectivity index (χ4v) is 0.961. The molecule has 0 aromatic heterocycles. The van der Waals surface area contributed by atoms with E-state index in [9.17, 15) is 9.90 Å². The van der Waals surface area contributed by atoms with Gasteiger partial charge in [-0.1, -0.05) is 25.1 Å². The molecule has 0 spiro atoms. The lowest BCUT2D eigenvalue weighted by Crippen LogP contribution is -2.24. The van der Waals surface area contributed by atoms with Crippen molar-refractivity contribution in [1.82, 2.24) is 0 Å². The molecule has 69 valence electrons. The van der Waals surface area contributed by atoms with E-state index >= 15 is 0 Å². The van der Waals surface area contributed by atoms with Crippen molar-refractivity contribution >= 4 is 5.97 Å². The van der Waals surface area contributed by atoms with Gasteiger partial charge in [-0.2, -0.15) is 0 Å². The van der Waals surface area contributed by atoms with E-state index in [0.29, 0.717) is 12.2 Å². The Hall–Kier alpha value is -1.51. The fourth-order valence-electron chi connectivity index (χ4n) is 0.961. The maximum absolute atomic E-state index is 10.5. The van der Waals surface area contributed by atoms with Gasteiger partial charge in [0, 0.05) is 0 Å². The SMILES string of the molecule is CCC(Oc1ccccc1)C([O])=O. The van der Waals surface area contributed by atoms with Crippen LogP contribution in [0.3, 0.4) is 0 Å². The second-order valence-corrected chi connectivity index (χ2v) is 2.65. The molecule has 1 aromatic rings. The van der Waals surface area contributed by atoms with Gasteiger partial charge in [0.25, 0.3) is 0 Å². The zero-order valence-corrected chi connectivity index (χ0v) is 7.40. The molecule has 0 N–H and O–H groups in total. The van der Waals surface area contributed by atoms with Crippen LogP contribution in [-0.2, 0) is 9.90 Å². The highest BCUT2D eigenvalue weighted by Gasteiger charge is 2.18. The van der Waals surface area contributed by atoms with Gasteiger partial charge in [0.05, 0.1) is 0 Å². The number of ether oxygens (including phenoxy) is 1. The van der Waals surface area contributed by atoms with Crippen LogP contribution in [0.25, 0.3) is 0 Å². The van der Waals surface area contributed by atoms with Gasteiger partial charge in [0.2, 0.25) is 0 Å². The Kier molecular flexibility index (Phi) is 3.31. The van der Waals surface area contributed by atoms with Gasteiger partial charge in [-0.25, -0.2) is 9.90 Å². The second-order valence-electron chi connectivity index (χ2n) is 2.65. The van der Waals surface area contributed by atoms with Crippen LogP contribution in [0.4, 0.5) is 0 Å². The molecule has 3 nitrogen and oxygen atoms in total. The second kappa shape index (κ2) is 4.50. The van der Waals surface area contributed by atoms with Crippen LogP contribution >= 0.6 is 0 Å². The van der Waals surface area contributed by atoms with E-state index in [1.807, 2.05) is 6.07 Å². The lowest BCUT2D eigenvalue weighted by atomic mass is 10.3. The molecule has 1 unspecified atom stereocenters. The molecule has 0 aliphatic carbocycles. The third-order valence-corrected chi connectivity index (χ3v) is 1.66. The van der Waals surface area contributed by atoms with Gasteiger partial charge < -0.3 is 4.74 Å². The van der Waals surface area contributed by atoms with E-state index < -0.39 is 12.1 Å². The minimum Gasteiger partial charge on any atom is -0.479 e. The summed E-state index contributed by atoms with van der Waals surface area (Å²) in [6, 6.07) is 8.85. The highest BCUT2D eigenvalue weighted by atomic mass is 16.5. The summed E-state index contributed by atoms with van der Waals surface area (Å²) in [6.07, 6.45) is -0.459. The molecule has 13 heavy (non-hydrogen) atoms. The normalized spacial score (nSPS) is 12.1. The Morgan fingerprint density at radius 2 is 2.00 bits per heavy atom.